The van der Waals surface area contributed by atoms with Gasteiger partial charge in [0.15, 0.2) is 0 Å². The fourth-order valence-corrected chi connectivity index (χ4v) is 1.90. The minimum absolute atomic E-state index is 0.110. The fourth-order valence-electron chi connectivity index (χ4n) is 1.90. The van der Waals surface area contributed by atoms with Gasteiger partial charge in [-0.1, -0.05) is 6.42 Å². The fraction of sp³-hybridized carbons (Fsp3) is 0.923. The summed E-state index contributed by atoms with van der Waals surface area (Å²) < 4.78 is 5.24. The molecule has 1 fully saturated rings. The first kappa shape index (κ1) is 13.5. The maximum atomic E-state index is 11.4. The van der Waals surface area contributed by atoms with Crippen LogP contribution in [0.4, 0.5) is 0 Å². The topological polar surface area (TPSA) is 38.3 Å². The summed E-state index contributed by atoms with van der Waals surface area (Å²) >= 11 is 0. The zero-order valence-electron chi connectivity index (χ0n) is 11.0. The number of nitrogens with one attached hydrogen (secondary N) is 1. The van der Waals surface area contributed by atoms with Crippen LogP contribution >= 0.6 is 0 Å². The van der Waals surface area contributed by atoms with Crippen molar-refractivity contribution in [3.05, 3.63) is 0 Å². The first-order valence-electron chi connectivity index (χ1n) is 6.34. The molecule has 0 spiro atoms. The third kappa shape index (κ3) is 4.97. The third-order valence-electron chi connectivity index (χ3n) is 3.07. The Morgan fingerprint density at radius 2 is 2.06 bits per heavy atom. The lowest BCUT2D eigenvalue weighted by Gasteiger charge is -2.32. The standard InChI is InChI=1S/C13H25NO2/c1-10(11-6-5-7-11)14-9-8-12(15)16-13(2,3)4/h10-11,14H,5-9H2,1-4H3. The molecule has 0 saturated heterocycles. The Balaban J connectivity index is 2.08. The van der Waals surface area contributed by atoms with Gasteiger partial charge in [0.1, 0.15) is 5.60 Å². The Morgan fingerprint density at radius 1 is 1.44 bits per heavy atom. The van der Waals surface area contributed by atoms with Gasteiger partial charge in [0.25, 0.3) is 0 Å². The molecule has 16 heavy (non-hydrogen) atoms. The highest BCUT2D eigenvalue weighted by atomic mass is 16.6. The molecule has 1 saturated carbocycles. The quantitative estimate of drug-likeness (QED) is 0.733. The van der Waals surface area contributed by atoms with Crippen LogP contribution in [0.5, 0.6) is 0 Å². The van der Waals surface area contributed by atoms with Gasteiger partial charge in [-0.3, -0.25) is 4.79 Å². The molecule has 1 aliphatic carbocycles. The largest absolute Gasteiger partial charge is 0.460 e. The van der Waals surface area contributed by atoms with Gasteiger partial charge in [-0.2, -0.15) is 0 Å². The molecule has 3 heteroatoms. The van der Waals surface area contributed by atoms with Crippen LogP contribution in [0.1, 0.15) is 53.4 Å². The highest BCUT2D eigenvalue weighted by Gasteiger charge is 2.23. The van der Waals surface area contributed by atoms with E-state index in [-0.39, 0.29) is 11.6 Å². The van der Waals surface area contributed by atoms with Crippen LogP contribution < -0.4 is 5.32 Å². The van der Waals surface area contributed by atoms with Gasteiger partial charge in [0.05, 0.1) is 6.42 Å². The van der Waals surface area contributed by atoms with Crippen LogP contribution in [-0.4, -0.2) is 24.2 Å². The normalized spacial score (nSPS) is 19.0. The van der Waals surface area contributed by atoms with Crippen molar-refractivity contribution in [2.24, 2.45) is 5.92 Å². The molecule has 1 N–H and O–H groups in total. The summed E-state index contributed by atoms with van der Waals surface area (Å²) in [6, 6.07) is 0.538. The Bertz CT molecular complexity index is 229. The van der Waals surface area contributed by atoms with Crippen molar-refractivity contribution in [1.82, 2.24) is 5.32 Å². The van der Waals surface area contributed by atoms with E-state index < -0.39 is 0 Å². The molecule has 0 bridgehead atoms. The summed E-state index contributed by atoms with van der Waals surface area (Å²) in [5.41, 5.74) is -0.364. The van der Waals surface area contributed by atoms with E-state index in [4.69, 9.17) is 4.74 Å². The number of carbonyl (C=O) groups excluding carboxylic acids is 1. The van der Waals surface area contributed by atoms with Gasteiger partial charge in [0.2, 0.25) is 0 Å². The number of hydrogen-bond acceptors (Lipinski definition) is 3. The first-order chi connectivity index (χ1) is 7.38. The highest BCUT2D eigenvalue weighted by Crippen LogP contribution is 2.29. The third-order valence-corrected chi connectivity index (χ3v) is 3.07. The number of esters is 1. The van der Waals surface area contributed by atoms with E-state index >= 15 is 0 Å². The molecule has 0 radical (unpaired) electrons. The van der Waals surface area contributed by atoms with Crippen molar-refractivity contribution in [3.63, 3.8) is 0 Å². The summed E-state index contributed by atoms with van der Waals surface area (Å²) in [4.78, 5) is 11.4. The van der Waals surface area contributed by atoms with Crippen molar-refractivity contribution < 1.29 is 9.53 Å². The molecule has 1 rings (SSSR count). The number of carbonyl (C=O) groups is 1. The van der Waals surface area contributed by atoms with E-state index in [1.54, 1.807) is 0 Å². The van der Waals surface area contributed by atoms with E-state index in [1.807, 2.05) is 20.8 Å². The van der Waals surface area contributed by atoms with Crippen molar-refractivity contribution in [2.75, 3.05) is 6.54 Å². The maximum absolute atomic E-state index is 11.4. The van der Waals surface area contributed by atoms with E-state index in [2.05, 4.69) is 12.2 Å². The summed E-state index contributed by atoms with van der Waals surface area (Å²) in [7, 11) is 0. The number of hydrogen-bond donors (Lipinski definition) is 1. The van der Waals surface area contributed by atoms with Crippen LogP contribution in [0, 0.1) is 5.92 Å². The molecule has 0 aliphatic heterocycles. The monoisotopic (exact) mass is 227 g/mol. The van der Waals surface area contributed by atoms with Gasteiger partial charge in [-0.25, -0.2) is 0 Å². The van der Waals surface area contributed by atoms with Crippen molar-refractivity contribution >= 4 is 5.97 Å². The lowest BCUT2D eigenvalue weighted by atomic mass is 9.80. The minimum Gasteiger partial charge on any atom is -0.460 e. The highest BCUT2D eigenvalue weighted by molar-refractivity contribution is 5.70. The summed E-state index contributed by atoms with van der Waals surface area (Å²) in [6.45, 7) is 8.63. The molecule has 1 unspecified atom stereocenters. The summed E-state index contributed by atoms with van der Waals surface area (Å²) in [6.07, 6.45) is 4.50. The zero-order chi connectivity index (χ0) is 12.2. The second kappa shape index (κ2) is 5.67. The van der Waals surface area contributed by atoms with Gasteiger partial charge in [0, 0.05) is 12.6 Å². The summed E-state index contributed by atoms with van der Waals surface area (Å²) in [5, 5.41) is 3.40. The first-order valence-corrected chi connectivity index (χ1v) is 6.34. The van der Waals surface area contributed by atoms with Crippen molar-refractivity contribution in [3.8, 4) is 0 Å². The van der Waals surface area contributed by atoms with E-state index in [0.29, 0.717) is 12.5 Å². The maximum Gasteiger partial charge on any atom is 0.307 e. The molecular formula is C13H25NO2. The Kier molecular flexibility index (Phi) is 4.78. The SMILES string of the molecule is CC(NCCC(=O)OC(C)(C)C)C1CCC1. The van der Waals surface area contributed by atoms with Gasteiger partial charge in [-0.15, -0.1) is 0 Å². The minimum atomic E-state index is -0.364. The Hall–Kier alpha value is -0.570. The average Bonchev–Trinajstić information content (AvgIpc) is 1.96. The average molecular weight is 227 g/mol. The van der Waals surface area contributed by atoms with Crippen LogP contribution in [-0.2, 0) is 9.53 Å². The molecule has 0 aromatic heterocycles. The Labute approximate surface area is 98.9 Å². The molecule has 1 aliphatic rings. The Morgan fingerprint density at radius 3 is 2.50 bits per heavy atom. The van der Waals surface area contributed by atoms with Gasteiger partial charge in [-0.05, 0) is 46.5 Å². The van der Waals surface area contributed by atoms with Crippen LogP contribution in [0.2, 0.25) is 0 Å². The smallest absolute Gasteiger partial charge is 0.307 e. The molecule has 3 nitrogen and oxygen atoms in total. The van der Waals surface area contributed by atoms with Crippen LogP contribution in [0.25, 0.3) is 0 Å². The predicted octanol–water partition coefficient (Wildman–Crippen LogP) is 2.50. The van der Waals surface area contributed by atoms with Crippen molar-refractivity contribution in [1.29, 1.82) is 0 Å². The van der Waals surface area contributed by atoms with Crippen LogP contribution in [0.3, 0.4) is 0 Å². The molecule has 0 heterocycles. The molecule has 0 aromatic carbocycles. The second-order valence-corrected chi connectivity index (χ2v) is 5.77. The summed E-state index contributed by atoms with van der Waals surface area (Å²) in [5.74, 6) is 0.708. The van der Waals surface area contributed by atoms with Crippen molar-refractivity contribution in [2.45, 2.75) is 65.0 Å². The van der Waals surface area contributed by atoms with E-state index in [9.17, 15) is 4.79 Å². The molecule has 94 valence electrons. The van der Waals surface area contributed by atoms with Crippen LogP contribution in [0.15, 0.2) is 0 Å². The van der Waals surface area contributed by atoms with Gasteiger partial charge < -0.3 is 10.1 Å². The zero-order valence-corrected chi connectivity index (χ0v) is 11.0. The lowest BCUT2D eigenvalue weighted by Crippen LogP contribution is -2.38. The molecule has 0 amide bonds. The van der Waals surface area contributed by atoms with E-state index in [0.717, 1.165) is 12.5 Å². The molecular weight excluding hydrogens is 202 g/mol. The second-order valence-electron chi connectivity index (χ2n) is 5.77. The number of rotatable bonds is 5. The molecule has 0 aromatic rings. The number of ether oxygens (including phenoxy) is 1. The van der Waals surface area contributed by atoms with Gasteiger partial charge >= 0.3 is 5.97 Å². The predicted molar refractivity (Wildman–Crippen MR) is 65.3 cm³/mol. The van der Waals surface area contributed by atoms with E-state index in [1.165, 1.54) is 19.3 Å². The molecule has 1 atom stereocenters. The lowest BCUT2D eigenvalue weighted by molar-refractivity contribution is -0.154.